The van der Waals surface area contributed by atoms with Crippen LogP contribution in [-0.2, 0) is 0 Å². The van der Waals surface area contributed by atoms with Crippen LogP contribution in [0.4, 0.5) is 4.39 Å². The highest BCUT2D eigenvalue weighted by atomic mass is 79.9. The highest BCUT2D eigenvalue weighted by Crippen LogP contribution is 2.17. The predicted octanol–water partition coefficient (Wildman–Crippen LogP) is 3.25. The second-order valence-corrected chi connectivity index (χ2v) is 3.14. The van der Waals surface area contributed by atoms with Crippen LogP contribution in [0.25, 0.3) is 10.4 Å². The Labute approximate surface area is 88.7 Å². The fourth-order valence-corrected chi connectivity index (χ4v) is 1.25. The van der Waals surface area contributed by atoms with Crippen molar-refractivity contribution >= 4 is 15.9 Å². The van der Waals surface area contributed by atoms with Crippen LogP contribution in [-0.4, -0.2) is 6.54 Å². The van der Waals surface area contributed by atoms with Gasteiger partial charge >= 0.3 is 0 Å². The molecule has 0 saturated carbocycles. The van der Waals surface area contributed by atoms with E-state index >= 15 is 0 Å². The van der Waals surface area contributed by atoms with Gasteiger partial charge in [-0.25, -0.2) is 4.39 Å². The zero-order valence-electron chi connectivity index (χ0n) is 7.04. The van der Waals surface area contributed by atoms with E-state index in [1.54, 1.807) is 12.1 Å². The van der Waals surface area contributed by atoms with E-state index in [9.17, 15) is 4.39 Å². The summed E-state index contributed by atoms with van der Waals surface area (Å²) in [5.74, 6) is 4.73. The summed E-state index contributed by atoms with van der Waals surface area (Å²) in [7, 11) is 0. The molecular weight excluding hydrogens is 249 g/mol. The van der Waals surface area contributed by atoms with Gasteiger partial charge in [-0.2, -0.15) is 0 Å². The molecule has 0 aromatic heterocycles. The smallest absolute Gasteiger partial charge is 0.139 e. The van der Waals surface area contributed by atoms with Gasteiger partial charge in [-0.15, -0.1) is 0 Å². The number of benzene rings is 1. The van der Waals surface area contributed by atoms with E-state index in [0.29, 0.717) is 4.47 Å². The summed E-state index contributed by atoms with van der Waals surface area (Å²) < 4.78 is 13.7. The highest BCUT2D eigenvalue weighted by Gasteiger charge is 2.01. The van der Waals surface area contributed by atoms with Gasteiger partial charge in [0.25, 0.3) is 0 Å². The van der Waals surface area contributed by atoms with Crippen molar-refractivity contribution in [2.24, 2.45) is 5.11 Å². The summed E-state index contributed by atoms with van der Waals surface area (Å²) >= 11 is 3.17. The number of hydrogen-bond acceptors (Lipinski definition) is 1. The maximum atomic E-state index is 13.1. The molecule has 14 heavy (non-hydrogen) atoms. The summed E-state index contributed by atoms with van der Waals surface area (Å²) in [6.45, 7) is 0.0390. The molecule has 0 unspecified atom stereocenters. The van der Waals surface area contributed by atoms with E-state index < -0.39 is 5.82 Å². The van der Waals surface area contributed by atoms with Gasteiger partial charge in [-0.3, -0.25) is 0 Å². The minimum atomic E-state index is -0.396. The van der Waals surface area contributed by atoms with E-state index in [2.05, 4.69) is 37.8 Å². The first kappa shape index (κ1) is 10.6. The van der Waals surface area contributed by atoms with Crippen molar-refractivity contribution < 1.29 is 4.39 Å². The number of nitrogens with zero attached hydrogens (tertiary/aromatic N) is 3. The van der Waals surface area contributed by atoms with Crippen molar-refractivity contribution in [1.29, 1.82) is 0 Å². The molecule has 3 nitrogen and oxygen atoms in total. The molecule has 0 amide bonds. The fraction of sp³-hybridized carbons (Fsp3) is 0.111. The first-order valence-corrected chi connectivity index (χ1v) is 4.48. The summed E-state index contributed by atoms with van der Waals surface area (Å²) in [6.07, 6.45) is 0. The topological polar surface area (TPSA) is 48.8 Å². The second kappa shape index (κ2) is 5.28. The third-order valence-electron chi connectivity index (χ3n) is 1.39. The van der Waals surface area contributed by atoms with Crippen LogP contribution in [0.15, 0.2) is 27.8 Å². The normalized spacial score (nSPS) is 8.43. The maximum absolute atomic E-state index is 13.1. The molecule has 0 radical (unpaired) electrons. The lowest BCUT2D eigenvalue weighted by atomic mass is 10.2. The Morgan fingerprint density at radius 2 is 2.36 bits per heavy atom. The average Bonchev–Trinajstić information content (AvgIpc) is 2.16. The fourth-order valence-electron chi connectivity index (χ4n) is 0.812. The zero-order valence-corrected chi connectivity index (χ0v) is 8.62. The molecule has 0 atom stereocenters. The lowest BCUT2D eigenvalue weighted by Gasteiger charge is -1.95. The van der Waals surface area contributed by atoms with E-state index in [1.807, 2.05) is 0 Å². The van der Waals surface area contributed by atoms with Crippen LogP contribution in [0.3, 0.4) is 0 Å². The molecule has 0 fully saturated rings. The van der Waals surface area contributed by atoms with Gasteiger partial charge < -0.3 is 0 Å². The third kappa shape index (κ3) is 2.77. The highest BCUT2D eigenvalue weighted by molar-refractivity contribution is 9.10. The SMILES string of the molecule is [N-]=[N+]=NCC#Cc1c(F)cccc1Br. The van der Waals surface area contributed by atoms with Gasteiger partial charge in [-0.05, 0) is 33.6 Å². The van der Waals surface area contributed by atoms with Crippen LogP contribution < -0.4 is 0 Å². The van der Waals surface area contributed by atoms with E-state index in [-0.39, 0.29) is 12.1 Å². The molecule has 70 valence electrons. The van der Waals surface area contributed by atoms with Crippen molar-refractivity contribution in [3.63, 3.8) is 0 Å². The number of azide groups is 1. The van der Waals surface area contributed by atoms with Crippen LogP contribution >= 0.6 is 15.9 Å². The first-order chi connectivity index (χ1) is 6.75. The molecule has 0 aliphatic carbocycles. The summed E-state index contributed by atoms with van der Waals surface area (Å²) in [5, 5.41) is 3.22. The second-order valence-electron chi connectivity index (χ2n) is 2.29. The number of hydrogen-bond donors (Lipinski definition) is 0. The largest absolute Gasteiger partial charge is 0.206 e. The quantitative estimate of drug-likeness (QED) is 0.319. The Kier molecular flexibility index (Phi) is 3.99. The Morgan fingerprint density at radius 1 is 1.57 bits per heavy atom. The first-order valence-electron chi connectivity index (χ1n) is 3.69. The lowest BCUT2D eigenvalue weighted by Crippen LogP contribution is -1.84. The van der Waals surface area contributed by atoms with Gasteiger partial charge in [0, 0.05) is 9.38 Å². The minimum absolute atomic E-state index is 0.0390. The molecule has 0 heterocycles. The number of rotatable bonds is 1. The molecule has 0 saturated heterocycles. The van der Waals surface area contributed by atoms with Crippen LogP contribution in [0.5, 0.6) is 0 Å². The third-order valence-corrected chi connectivity index (χ3v) is 2.05. The Hall–Kier alpha value is -1.50. The van der Waals surface area contributed by atoms with Gasteiger partial charge in [0.2, 0.25) is 0 Å². The monoisotopic (exact) mass is 253 g/mol. The molecule has 5 heteroatoms. The molecule has 0 N–H and O–H groups in total. The molecular formula is C9H5BrFN3. The molecule has 0 spiro atoms. The van der Waals surface area contributed by atoms with Crippen LogP contribution in [0, 0.1) is 17.7 Å². The van der Waals surface area contributed by atoms with Gasteiger partial charge in [0.15, 0.2) is 0 Å². The molecule has 1 rings (SSSR count). The van der Waals surface area contributed by atoms with Crippen LogP contribution in [0.2, 0.25) is 0 Å². The summed E-state index contributed by atoms with van der Waals surface area (Å²) in [5.41, 5.74) is 8.26. The standard InChI is InChI=1S/C9H5BrFN3/c10-8-4-1-5-9(11)7(8)3-2-6-13-14-12/h1,4-5H,6H2. The summed E-state index contributed by atoms with van der Waals surface area (Å²) in [6, 6.07) is 4.60. The zero-order chi connectivity index (χ0) is 10.4. The summed E-state index contributed by atoms with van der Waals surface area (Å²) in [4.78, 5) is 2.53. The Bertz CT molecular complexity index is 421. The van der Waals surface area contributed by atoms with Crippen molar-refractivity contribution in [3.05, 3.63) is 44.5 Å². The minimum Gasteiger partial charge on any atom is -0.206 e. The molecule has 0 bridgehead atoms. The van der Waals surface area contributed by atoms with Gasteiger partial charge in [0.1, 0.15) is 5.82 Å². The van der Waals surface area contributed by atoms with Crippen molar-refractivity contribution in [1.82, 2.24) is 0 Å². The van der Waals surface area contributed by atoms with Crippen molar-refractivity contribution in [2.75, 3.05) is 6.54 Å². The van der Waals surface area contributed by atoms with Crippen molar-refractivity contribution in [3.8, 4) is 11.8 Å². The van der Waals surface area contributed by atoms with E-state index in [1.165, 1.54) is 6.07 Å². The number of halogens is 2. The van der Waals surface area contributed by atoms with Crippen LogP contribution in [0.1, 0.15) is 5.56 Å². The van der Waals surface area contributed by atoms with Gasteiger partial charge in [0.05, 0.1) is 12.1 Å². The molecule has 0 aliphatic rings. The lowest BCUT2D eigenvalue weighted by molar-refractivity contribution is 0.623. The molecule has 1 aromatic carbocycles. The average molecular weight is 254 g/mol. The Morgan fingerprint density at radius 3 is 3.00 bits per heavy atom. The molecule has 0 aliphatic heterocycles. The molecule has 1 aromatic rings. The van der Waals surface area contributed by atoms with Gasteiger partial charge in [-0.1, -0.05) is 23.0 Å². The predicted molar refractivity (Wildman–Crippen MR) is 55.0 cm³/mol. The van der Waals surface area contributed by atoms with Crippen molar-refractivity contribution in [2.45, 2.75) is 0 Å². The van der Waals surface area contributed by atoms with E-state index in [4.69, 9.17) is 5.53 Å². The Balaban J connectivity index is 2.94. The maximum Gasteiger partial charge on any atom is 0.139 e. The van der Waals surface area contributed by atoms with E-state index in [0.717, 1.165) is 0 Å².